The molecule has 2 fully saturated rings. The van der Waals surface area contributed by atoms with Gasteiger partial charge in [-0.05, 0) is 42.5 Å². The van der Waals surface area contributed by atoms with Gasteiger partial charge in [-0.2, -0.15) is 0 Å². The maximum Gasteiger partial charge on any atom is 0.262 e. The molecule has 0 spiro atoms. The Bertz CT molecular complexity index is 1570. The van der Waals surface area contributed by atoms with Gasteiger partial charge in [-0.3, -0.25) is 19.1 Å². The predicted octanol–water partition coefficient (Wildman–Crippen LogP) is 5.09. The number of alkyl halides is 2. The van der Waals surface area contributed by atoms with E-state index in [1.165, 1.54) is 22.2 Å². The highest BCUT2D eigenvalue weighted by atomic mass is 32.1. The Morgan fingerprint density at radius 2 is 1.80 bits per heavy atom. The van der Waals surface area contributed by atoms with E-state index in [2.05, 4.69) is 9.97 Å². The second-order valence-corrected chi connectivity index (χ2v) is 11.9. The van der Waals surface area contributed by atoms with E-state index in [0.717, 1.165) is 10.4 Å². The molecule has 3 aromatic heterocycles. The largest absolute Gasteiger partial charge is 0.388 e. The Balaban J connectivity index is 1.15. The molecule has 1 N–H and O–H groups in total. The summed E-state index contributed by atoms with van der Waals surface area (Å²) in [6, 6.07) is 13.2. The second kappa shape index (κ2) is 10.5. The van der Waals surface area contributed by atoms with Gasteiger partial charge in [-0.1, -0.05) is 30.3 Å². The quantitative estimate of drug-likeness (QED) is 0.365. The standard InChI is InChI=1S/C30H30F2N4O3S/c31-30(32)9-6-22(23(16-30)20-7-12-33-13-8-20)27(37)35-14-10-29(39,11-15-35)18-36-19-34-25-24(28(36)38)17-40-26(25)21-4-2-1-3-5-21/h1-5,7-8,12-13,17,19,22-23,39H,6,9-11,14-16,18H2/t22-,23+/m1/s1. The second-order valence-electron chi connectivity index (χ2n) is 11.0. The molecule has 2 atom stereocenters. The van der Waals surface area contributed by atoms with Gasteiger partial charge in [0, 0.05) is 55.5 Å². The van der Waals surface area contributed by atoms with Crippen LogP contribution in [0.1, 0.15) is 43.6 Å². The van der Waals surface area contributed by atoms with Crippen LogP contribution in [0.5, 0.6) is 0 Å². The maximum absolute atomic E-state index is 14.3. The minimum Gasteiger partial charge on any atom is -0.388 e. The molecule has 1 aromatic carbocycles. The van der Waals surface area contributed by atoms with E-state index < -0.39 is 23.4 Å². The SMILES string of the molecule is O=C([C@@H]1CCC(F)(F)C[C@H]1c1ccncc1)N1CCC(O)(Cn2cnc3c(-c4ccccc4)scc3c2=O)CC1. The van der Waals surface area contributed by atoms with Crippen molar-refractivity contribution < 1.29 is 18.7 Å². The van der Waals surface area contributed by atoms with Gasteiger partial charge in [0.25, 0.3) is 5.56 Å². The molecule has 7 nitrogen and oxygen atoms in total. The lowest BCUT2D eigenvalue weighted by molar-refractivity contribution is -0.145. The van der Waals surface area contributed by atoms with Crippen molar-refractivity contribution in [3.8, 4) is 10.4 Å². The van der Waals surface area contributed by atoms with Gasteiger partial charge < -0.3 is 10.0 Å². The topological polar surface area (TPSA) is 88.3 Å². The van der Waals surface area contributed by atoms with Crippen molar-refractivity contribution in [1.82, 2.24) is 19.4 Å². The van der Waals surface area contributed by atoms with Crippen LogP contribution in [0, 0.1) is 5.92 Å². The number of aliphatic hydroxyl groups is 1. The number of carbonyl (C=O) groups excluding carboxylic acids is 1. The number of thiophene rings is 1. The van der Waals surface area contributed by atoms with Gasteiger partial charge in [0.2, 0.25) is 11.8 Å². The summed E-state index contributed by atoms with van der Waals surface area (Å²) in [6.45, 7) is 0.668. The summed E-state index contributed by atoms with van der Waals surface area (Å²) < 4.78 is 30.1. The van der Waals surface area contributed by atoms with Gasteiger partial charge >= 0.3 is 0 Å². The molecule has 10 heteroatoms. The summed E-state index contributed by atoms with van der Waals surface area (Å²) in [5.74, 6) is -4.08. The summed E-state index contributed by atoms with van der Waals surface area (Å²) in [6.07, 6.45) is 4.63. The number of halogens is 2. The number of piperidine rings is 1. The number of nitrogens with zero attached hydrogens (tertiary/aromatic N) is 4. The van der Waals surface area contributed by atoms with Crippen molar-refractivity contribution in [2.75, 3.05) is 13.1 Å². The number of pyridine rings is 1. The van der Waals surface area contributed by atoms with Crippen molar-refractivity contribution >= 4 is 28.1 Å². The van der Waals surface area contributed by atoms with Crippen molar-refractivity contribution in [3.63, 3.8) is 0 Å². The fourth-order valence-electron chi connectivity index (χ4n) is 6.12. The number of amides is 1. The zero-order valence-electron chi connectivity index (χ0n) is 21.9. The van der Waals surface area contributed by atoms with E-state index in [-0.39, 0.29) is 50.1 Å². The van der Waals surface area contributed by atoms with E-state index in [9.17, 15) is 23.5 Å². The molecule has 0 radical (unpaired) electrons. The average Bonchev–Trinajstić information content (AvgIpc) is 3.40. The highest BCUT2D eigenvalue weighted by Gasteiger charge is 2.46. The van der Waals surface area contributed by atoms with Crippen LogP contribution in [0.2, 0.25) is 0 Å². The first-order valence-corrected chi connectivity index (χ1v) is 14.4. The van der Waals surface area contributed by atoms with E-state index in [4.69, 9.17) is 0 Å². The molecule has 1 saturated heterocycles. The van der Waals surface area contributed by atoms with Crippen LogP contribution in [0.15, 0.2) is 71.4 Å². The Morgan fingerprint density at radius 3 is 2.52 bits per heavy atom. The normalized spacial score (nSPS) is 22.3. The summed E-state index contributed by atoms with van der Waals surface area (Å²) in [5.41, 5.74) is 0.951. The number of rotatable bonds is 5. The van der Waals surface area contributed by atoms with E-state index in [1.807, 2.05) is 35.7 Å². The van der Waals surface area contributed by atoms with Crippen molar-refractivity contribution in [1.29, 1.82) is 0 Å². The summed E-state index contributed by atoms with van der Waals surface area (Å²) in [4.78, 5) is 38.0. The number of fused-ring (bicyclic) bond motifs is 1. The molecule has 4 heterocycles. The van der Waals surface area contributed by atoms with Crippen LogP contribution >= 0.6 is 11.3 Å². The summed E-state index contributed by atoms with van der Waals surface area (Å²) in [5, 5.41) is 13.7. The van der Waals surface area contributed by atoms with E-state index in [1.54, 1.807) is 29.4 Å². The molecule has 40 heavy (non-hydrogen) atoms. The zero-order chi connectivity index (χ0) is 27.9. The smallest absolute Gasteiger partial charge is 0.262 e. The number of hydrogen-bond donors (Lipinski definition) is 1. The number of likely N-dealkylation sites (tertiary alicyclic amines) is 1. The lowest BCUT2D eigenvalue weighted by Crippen LogP contribution is -2.52. The lowest BCUT2D eigenvalue weighted by Gasteiger charge is -2.42. The highest BCUT2D eigenvalue weighted by Crippen LogP contribution is 2.46. The Morgan fingerprint density at radius 1 is 1.07 bits per heavy atom. The van der Waals surface area contributed by atoms with Crippen LogP contribution in [-0.2, 0) is 11.3 Å². The van der Waals surface area contributed by atoms with Crippen molar-refractivity contribution in [2.45, 2.75) is 56.1 Å². The molecule has 6 rings (SSSR count). The first-order valence-electron chi connectivity index (χ1n) is 13.5. The monoisotopic (exact) mass is 564 g/mol. The van der Waals surface area contributed by atoms with E-state index in [0.29, 0.717) is 29.6 Å². The predicted molar refractivity (Wildman–Crippen MR) is 149 cm³/mol. The van der Waals surface area contributed by atoms with Crippen molar-refractivity contribution in [3.05, 3.63) is 82.5 Å². The molecule has 4 aromatic rings. The fraction of sp³-hybridized carbons (Fsp3) is 0.400. The minimum absolute atomic E-state index is 0.0720. The van der Waals surface area contributed by atoms with E-state index >= 15 is 0 Å². The fourth-order valence-corrected chi connectivity index (χ4v) is 7.11. The number of aromatic nitrogens is 3. The molecule has 1 aliphatic heterocycles. The summed E-state index contributed by atoms with van der Waals surface area (Å²) in [7, 11) is 0. The Kier molecular flexibility index (Phi) is 7.00. The maximum atomic E-state index is 14.3. The molecule has 208 valence electrons. The third kappa shape index (κ3) is 5.17. The summed E-state index contributed by atoms with van der Waals surface area (Å²) >= 11 is 1.47. The number of benzene rings is 1. The van der Waals surface area contributed by atoms with Crippen molar-refractivity contribution in [2.24, 2.45) is 5.92 Å². The number of hydrogen-bond acceptors (Lipinski definition) is 6. The first-order chi connectivity index (χ1) is 19.2. The third-order valence-corrected chi connectivity index (χ3v) is 9.38. The van der Waals surface area contributed by atoms with Crippen LogP contribution < -0.4 is 5.56 Å². The molecule has 1 amide bonds. The lowest BCUT2D eigenvalue weighted by atomic mass is 9.73. The average molecular weight is 565 g/mol. The van der Waals surface area contributed by atoms with Gasteiger partial charge in [-0.25, -0.2) is 13.8 Å². The third-order valence-electron chi connectivity index (χ3n) is 8.37. The highest BCUT2D eigenvalue weighted by molar-refractivity contribution is 7.15. The molecular weight excluding hydrogens is 534 g/mol. The van der Waals surface area contributed by atoms with Gasteiger partial charge in [0.05, 0.1) is 34.3 Å². The van der Waals surface area contributed by atoms with Gasteiger partial charge in [0.1, 0.15) is 0 Å². The minimum atomic E-state index is -2.81. The van der Waals surface area contributed by atoms with Crippen LogP contribution in [0.4, 0.5) is 8.78 Å². The molecule has 2 aliphatic rings. The van der Waals surface area contributed by atoms with Crippen LogP contribution in [0.25, 0.3) is 21.3 Å². The molecule has 0 bridgehead atoms. The first kappa shape index (κ1) is 26.7. The Labute approximate surface area is 234 Å². The molecule has 1 aliphatic carbocycles. The zero-order valence-corrected chi connectivity index (χ0v) is 22.7. The van der Waals surface area contributed by atoms with Gasteiger partial charge in [0.15, 0.2) is 0 Å². The number of carbonyl (C=O) groups is 1. The van der Waals surface area contributed by atoms with Crippen LogP contribution in [-0.4, -0.2) is 55.1 Å². The molecular formula is C30H30F2N4O3S. The van der Waals surface area contributed by atoms with Crippen LogP contribution in [0.3, 0.4) is 0 Å². The molecule has 1 saturated carbocycles. The van der Waals surface area contributed by atoms with Gasteiger partial charge in [-0.15, -0.1) is 11.3 Å². The molecule has 0 unspecified atom stereocenters. The Hall–Kier alpha value is -3.50.